The number of imidazole rings is 1. The minimum absolute atomic E-state index is 0.0298. The number of Topliss-reactive ketones (excluding diaryl/α,β-unsaturated/α-hetero) is 1. The maximum Gasteiger partial charge on any atom is 0.178 e. The molecule has 1 aromatic carbocycles. The lowest BCUT2D eigenvalue weighted by molar-refractivity contribution is 0.101. The molecule has 0 spiro atoms. The highest BCUT2D eigenvalue weighted by Crippen LogP contribution is 2.33. The number of hydrogen-bond donors (Lipinski definition) is 0. The van der Waals surface area contributed by atoms with Gasteiger partial charge < -0.3 is 0 Å². The van der Waals surface area contributed by atoms with E-state index in [2.05, 4.69) is 16.5 Å². The van der Waals surface area contributed by atoms with Gasteiger partial charge in [-0.15, -0.1) is 0 Å². The second-order valence-electron chi connectivity index (χ2n) is 6.19. The van der Waals surface area contributed by atoms with Crippen LogP contribution in [0.25, 0.3) is 34.1 Å². The van der Waals surface area contributed by atoms with Gasteiger partial charge in [-0.2, -0.15) is 0 Å². The molecule has 0 bridgehead atoms. The van der Waals surface area contributed by atoms with E-state index in [9.17, 15) is 4.79 Å². The van der Waals surface area contributed by atoms with E-state index >= 15 is 0 Å². The summed E-state index contributed by atoms with van der Waals surface area (Å²) in [5.41, 5.74) is 5.78. The van der Waals surface area contributed by atoms with E-state index in [1.165, 1.54) is 6.92 Å². The van der Waals surface area contributed by atoms with Crippen LogP contribution in [-0.2, 0) is 0 Å². The number of rotatable bonds is 4. The Bertz CT molecular complexity index is 1190. The summed E-state index contributed by atoms with van der Waals surface area (Å²) in [5.74, 6) is -0.0298. The quantitative estimate of drug-likeness (QED) is 0.440. The number of ketones is 1. The molecule has 0 aliphatic rings. The summed E-state index contributed by atoms with van der Waals surface area (Å²) in [6.07, 6.45) is 6.99. The lowest BCUT2D eigenvalue weighted by Crippen LogP contribution is -1.99. The number of hydrogen-bond acceptors (Lipinski definition) is 3. The number of carbonyl (C=O) groups is 1. The fraction of sp³-hybridized carbons (Fsp3) is 0.0455. The van der Waals surface area contributed by atoms with Crippen LogP contribution in [0, 0.1) is 0 Å². The van der Waals surface area contributed by atoms with Gasteiger partial charge >= 0.3 is 0 Å². The molecule has 0 unspecified atom stereocenters. The van der Waals surface area contributed by atoms with Gasteiger partial charge in [0.1, 0.15) is 11.3 Å². The Balaban J connectivity index is 1.90. The SMILES string of the molecule is C=Cc1ccc(-c2ncccc2-c2ccc3ncc(C(C)=O)n3c2)cc1Cl. The second-order valence-corrected chi connectivity index (χ2v) is 6.59. The summed E-state index contributed by atoms with van der Waals surface area (Å²) in [6, 6.07) is 13.6. The zero-order chi connectivity index (χ0) is 19.0. The second kappa shape index (κ2) is 6.82. The van der Waals surface area contributed by atoms with E-state index in [4.69, 9.17) is 11.6 Å². The number of pyridine rings is 2. The van der Waals surface area contributed by atoms with Gasteiger partial charge in [0, 0.05) is 41.0 Å². The van der Waals surface area contributed by atoms with Gasteiger partial charge in [0.2, 0.25) is 0 Å². The van der Waals surface area contributed by atoms with E-state index in [0.29, 0.717) is 10.7 Å². The fourth-order valence-corrected chi connectivity index (χ4v) is 3.37. The molecule has 5 heteroatoms. The molecule has 4 aromatic rings. The summed E-state index contributed by atoms with van der Waals surface area (Å²) in [6.45, 7) is 5.31. The summed E-state index contributed by atoms with van der Waals surface area (Å²) in [7, 11) is 0. The maximum atomic E-state index is 11.9. The molecular formula is C22H16ClN3O. The molecule has 132 valence electrons. The van der Waals surface area contributed by atoms with Crippen LogP contribution in [0.3, 0.4) is 0 Å². The number of nitrogens with zero attached hydrogens (tertiary/aromatic N) is 3. The standard InChI is InChI=1S/C22H16ClN3O/c1-3-15-6-7-16(11-19(15)23)22-18(5-4-10-24-22)17-8-9-21-25-12-20(14(2)27)26(21)13-17/h3-13H,1H2,2H3. The number of benzene rings is 1. The van der Waals surface area contributed by atoms with Crippen molar-refractivity contribution in [3.63, 3.8) is 0 Å². The van der Waals surface area contributed by atoms with Crippen molar-refractivity contribution in [2.75, 3.05) is 0 Å². The minimum atomic E-state index is -0.0298. The molecule has 4 rings (SSSR count). The summed E-state index contributed by atoms with van der Waals surface area (Å²) >= 11 is 6.35. The smallest absolute Gasteiger partial charge is 0.178 e. The zero-order valence-corrected chi connectivity index (χ0v) is 15.4. The molecule has 0 atom stereocenters. The molecule has 0 radical (unpaired) electrons. The lowest BCUT2D eigenvalue weighted by atomic mass is 9.99. The van der Waals surface area contributed by atoms with Gasteiger partial charge in [0.05, 0.1) is 11.9 Å². The first-order chi connectivity index (χ1) is 13.1. The topological polar surface area (TPSA) is 47.3 Å². The van der Waals surface area contributed by atoms with E-state index in [-0.39, 0.29) is 5.78 Å². The summed E-state index contributed by atoms with van der Waals surface area (Å²) < 4.78 is 1.81. The van der Waals surface area contributed by atoms with Gasteiger partial charge in [-0.05, 0) is 29.8 Å². The molecule has 4 nitrogen and oxygen atoms in total. The van der Waals surface area contributed by atoms with Crippen molar-refractivity contribution in [1.82, 2.24) is 14.4 Å². The average molecular weight is 374 g/mol. The molecule has 0 amide bonds. The third-order valence-corrected chi connectivity index (χ3v) is 4.81. The Morgan fingerprint density at radius 3 is 2.70 bits per heavy atom. The highest BCUT2D eigenvalue weighted by Gasteiger charge is 2.13. The predicted molar refractivity (Wildman–Crippen MR) is 109 cm³/mol. The van der Waals surface area contributed by atoms with Crippen molar-refractivity contribution in [3.05, 3.63) is 83.9 Å². The molecular weight excluding hydrogens is 358 g/mol. The van der Waals surface area contributed by atoms with E-state index in [1.807, 2.05) is 53.1 Å². The molecule has 27 heavy (non-hydrogen) atoms. The van der Waals surface area contributed by atoms with Crippen LogP contribution in [0.5, 0.6) is 0 Å². The first-order valence-electron chi connectivity index (χ1n) is 8.44. The zero-order valence-electron chi connectivity index (χ0n) is 14.7. The first kappa shape index (κ1) is 17.2. The van der Waals surface area contributed by atoms with Crippen LogP contribution in [-0.4, -0.2) is 20.2 Å². The van der Waals surface area contributed by atoms with E-state index in [0.717, 1.165) is 33.6 Å². The lowest BCUT2D eigenvalue weighted by Gasteiger charge is -2.11. The first-order valence-corrected chi connectivity index (χ1v) is 8.82. The van der Waals surface area contributed by atoms with Crippen molar-refractivity contribution in [1.29, 1.82) is 0 Å². The van der Waals surface area contributed by atoms with Gasteiger partial charge in [0.25, 0.3) is 0 Å². The Labute approximate surface area is 161 Å². The third-order valence-electron chi connectivity index (χ3n) is 4.48. The number of carbonyl (C=O) groups excluding carboxylic acids is 1. The summed E-state index contributed by atoms with van der Waals surface area (Å²) in [5, 5.41) is 0.628. The van der Waals surface area contributed by atoms with Crippen molar-refractivity contribution in [2.24, 2.45) is 0 Å². The van der Waals surface area contributed by atoms with E-state index in [1.54, 1.807) is 18.5 Å². The molecule has 0 N–H and O–H groups in total. The Kier molecular flexibility index (Phi) is 4.34. The fourth-order valence-electron chi connectivity index (χ4n) is 3.11. The van der Waals surface area contributed by atoms with Crippen LogP contribution in [0.15, 0.2) is 67.6 Å². The Hall–Kier alpha value is -3.24. The predicted octanol–water partition coefficient (Wildman–Crippen LogP) is 5.56. The minimum Gasteiger partial charge on any atom is -0.296 e. The normalized spacial score (nSPS) is 10.9. The third kappa shape index (κ3) is 3.04. The number of aromatic nitrogens is 3. The maximum absolute atomic E-state index is 11.9. The average Bonchev–Trinajstić information content (AvgIpc) is 3.11. The van der Waals surface area contributed by atoms with Crippen LogP contribution in [0.4, 0.5) is 0 Å². The van der Waals surface area contributed by atoms with Crippen LogP contribution in [0.2, 0.25) is 5.02 Å². The summed E-state index contributed by atoms with van der Waals surface area (Å²) in [4.78, 5) is 20.7. The highest BCUT2D eigenvalue weighted by atomic mass is 35.5. The van der Waals surface area contributed by atoms with E-state index < -0.39 is 0 Å². The van der Waals surface area contributed by atoms with Gasteiger partial charge in [0.15, 0.2) is 5.78 Å². The van der Waals surface area contributed by atoms with Crippen molar-refractivity contribution < 1.29 is 4.79 Å². The number of fused-ring (bicyclic) bond motifs is 1. The number of halogens is 1. The van der Waals surface area contributed by atoms with Crippen LogP contribution < -0.4 is 0 Å². The largest absolute Gasteiger partial charge is 0.296 e. The molecule has 0 aliphatic heterocycles. The van der Waals surface area contributed by atoms with Crippen molar-refractivity contribution in [2.45, 2.75) is 6.92 Å². The van der Waals surface area contributed by atoms with Crippen LogP contribution in [0.1, 0.15) is 23.0 Å². The molecule has 0 saturated carbocycles. The van der Waals surface area contributed by atoms with Crippen LogP contribution >= 0.6 is 11.6 Å². The Morgan fingerprint density at radius 2 is 1.96 bits per heavy atom. The Morgan fingerprint density at radius 1 is 1.15 bits per heavy atom. The molecule has 0 fully saturated rings. The molecule has 3 heterocycles. The van der Waals surface area contributed by atoms with Gasteiger partial charge in [-0.25, -0.2) is 4.98 Å². The monoisotopic (exact) mass is 373 g/mol. The van der Waals surface area contributed by atoms with Crippen molar-refractivity contribution >= 4 is 29.1 Å². The molecule has 3 aromatic heterocycles. The van der Waals surface area contributed by atoms with Gasteiger partial charge in [-0.3, -0.25) is 14.2 Å². The van der Waals surface area contributed by atoms with Crippen molar-refractivity contribution in [3.8, 4) is 22.4 Å². The molecule has 0 saturated heterocycles. The van der Waals surface area contributed by atoms with Gasteiger partial charge in [-0.1, -0.05) is 42.5 Å². The highest BCUT2D eigenvalue weighted by molar-refractivity contribution is 6.32. The molecule has 0 aliphatic carbocycles.